The minimum Gasteiger partial charge on any atom is -0.361 e. The molecule has 3 aromatic rings. The molecule has 1 aromatic carbocycles. The molecule has 12 heteroatoms. The number of piperidine rings is 1. The van der Waals surface area contributed by atoms with E-state index in [-0.39, 0.29) is 36.9 Å². The zero-order valence-electron chi connectivity index (χ0n) is 28.3. The van der Waals surface area contributed by atoms with Crippen molar-refractivity contribution >= 4 is 47.2 Å². The molecule has 0 spiro atoms. The lowest BCUT2D eigenvalue weighted by atomic mass is 10.0. The highest BCUT2D eigenvalue weighted by atomic mass is 16.2. The van der Waals surface area contributed by atoms with Crippen LogP contribution in [-0.4, -0.2) is 75.1 Å². The van der Waals surface area contributed by atoms with Crippen molar-refractivity contribution in [3.8, 4) is 11.8 Å². The number of aromatic nitrogens is 4. The quantitative estimate of drug-likeness (QED) is 0.274. The van der Waals surface area contributed by atoms with Gasteiger partial charge in [-0.3, -0.25) is 23.9 Å². The third kappa shape index (κ3) is 7.57. The van der Waals surface area contributed by atoms with E-state index in [1.807, 2.05) is 63.6 Å². The first-order chi connectivity index (χ1) is 22.8. The Morgan fingerprint density at radius 2 is 1.83 bits per heavy atom. The van der Waals surface area contributed by atoms with Crippen LogP contribution in [0.1, 0.15) is 69.5 Å². The molecule has 3 amide bonds. The average molecular weight is 641 g/mol. The Morgan fingerprint density at radius 1 is 1.11 bits per heavy atom. The first-order valence-corrected chi connectivity index (χ1v) is 15.7. The summed E-state index contributed by atoms with van der Waals surface area (Å²) >= 11 is 0. The van der Waals surface area contributed by atoms with Crippen LogP contribution < -0.4 is 15.5 Å². The highest BCUT2D eigenvalue weighted by Gasteiger charge is 2.41. The third-order valence-electron chi connectivity index (χ3n) is 7.83. The smallest absolute Gasteiger partial charge is 0.271 e. The second kappa shape index (κ2) is 16.8. The average Bonchev–Trinajstić information content (AvgIpc) is 3.57. The molecular weight excluding hydrogens is 596 g/mol. The van der Waals surface area contributed by atoms with Crippen molar-refractivity contribution in [1.29, 1.82) is 0 Å². The number of anilines is 2. The highest BCUT2D eigenvalue weighted by Crippen LogP contribution is 2.31. The predicted octanol–water partition coefficient (Wildman–Crippen LogP) is 4.20. The number of carbonyl (C=O) groups excluding carboxylic acids is 4. The lowest BCUT2D eigenvalue weighted by molar-refractivity contribution is -0.140. The van der Waals surface area contributed by atoms with Crippen LogP contribution in [-0.2, 0) is 27.5 Å². The van der Waals surface area contributed by atoms with Crippen LogP contribution in [0.2, 0.25) is 0 Å². The van der Waals surface area contributed by atoms with E-state index in [9.17, 15) is 14.4 Å². The van der Waals surface area contributed by atoms with Crippen molar-refractivity contribution in [3.05, 3.63) is 64.8 Å². The van der Waals surface area contributed by atoms with Crippen LogP contribution in [0.3, 0.4) is 0 Å². The molecule has 12 nitrogen and oxygen atoms in total. The first-order valence-electron chi connectivity index (χ1n) is 15.7. The molecule has 248 valence electrons. The topological polar surface area (TPSA) is 142 Å². The van der Waals surface area contributed by atoms with Gasteiger partial charge in [-0.05, 0) is 46.6 Å². The van der Waals surface area contributed by atoms with Gasteiger partial charge in [0.15, 0.2) is 11.5 Å². The minimum atomic E-state index is -0.331. The Morgan fingerprint density at radius 3 is 2.51 bits per heavy atom. The molecular formula is C35H44N8O4. The van der Waals surface area contributed by atoms with Crippen LogP contribution in [0.25, 0.3) is 10.9 Å². The van der Waals surface area contributed by atoms with Crippen molar-refractivity contribution in [3.63, 3.8) is 0 Å². The number of carbonyl (C=O) groups is 4. The SMILES string of the molecule is C=O.CC.CC#CCn1c(N2CCCC(N3C(=O)C(C)=C(/C=C\C)C3=O)C2)nc(NCc2nc(C)c3ccccc3n2)c1C(=O)NC. The summed E-state index contributed by atoms with van der Waals surface area (Å²) in [6.45, 7) is 14.7. The molecule has 2 aromatic heterocycles. The Balaban J connectivity index is 0.00000144. The molecule has 0 radical (unpaired) electrons. The van der Waals surface area contributed by atoms with Crippen LogP contribution in [0.15, 0.2) is 47.6 Å². The number of allylic oxidation sites excluding steroid dienone is 1. The molecule has 1 saturated heterocycles. The number of imide groups is 1. The molecule has 2 aliphatic heterocycles. The molecule has 0 bridgehead atoms. The highest BCUT2D eigenvalue weighted by molar-refractivity contribution is 6.20. The maximum atomic E-state index is 13.2. The van der Waals surface area contributed by atoms with Gasteiger partial charge in [-0.25, -0.2) is 9.97 Å². The van der Waals surface area contributed by atoms with Gasteiger partial charge in [0.05, 0.1) is 24.6 Å². The maximum Gasteiger partial charge on any atom is 0.271 e. The van der Waals surface area contributed by atoms with E-state index in [0.717, 1.165) is 23.0 Å². The van der Waals surface area contributed by atoms with Crippen molar-refractivity contribution in [2.24, 2.45) is 0 Å². The number of benzene rings is 1. The second-order valence-corrected chi connectivity index (χ2v) is 10.6. The van der Waals surface area contributed by atoms with E-state index < -0.39 is 0 Å². The summed E-state index contributed by atoms with van der Waals surface area (Å²) in [5, 5.41) is 7.01. The molecule has 1 atom stereocenters. The number of imidazole rings is 1. The summed E-state index contributed by atoms with van der Waals surface area (Å²) < 4.78 is 1.79. The molecule has 47 heavy (non-hydrogen) atoms. The summed E-state index contributed by atoms with van der Waals surface area (Å²) in [6, 6.07) is 7.50. The fourth-order valence-electron chi connectivity index (χ4n) is 5.72. The number of hydrogen-bond acceptors (Lipinski definition) is 9. The molecule has 5 rings (SSSR count). The number of para-hydroxylation sites is 1. The number of nitrogens with one attached hydrogen (secondary N) is 2. The van der Waals surface area contributed by atoms with Crippen molar-refractivity contribution in [2.45, 2.75) is 73.5 Å². The Labute approximate surface area is 276 Å². The van der Waals surface area contributed by atoms with Gasteiger partial charge < -0.3 is 20.3 Å². The zero-order chi connectivity index (χ0) is 34.7. The molecule has 4 heterocycles. The van der Waals surface area contributed by atoms with E-state index >= 15 is 0 Å². The number of rotatable bonds is 8. The molecule has 0 aliphatic carbocycles. The standard InChI is InChI=1S/C32H36N8O3.C2H6.CH2O/c1-6-8-17-39-27(29(41)33-5)28(34-18-26-35-21(4)24-14-9-10-15-25(24)36-26)37-32(39)38-16-11-13-22(19-38)40-30(42)20(3)23(12-7-2)31(40)43;2*1-2/h7,9-10,12,14-15,22,34H,11,13,16-19H2,1-5H3,(H,33,41);1-2H3;1H2/b12-7-;;. The summed E-state index contributed by atoms with van der Waals surface area (Å²) in [4.78, 5) is 65.3. The van der Waals surface area contributed by atoms with Crippen LogP contribution in [0.5, 0.6) is 0 Å². The maximum absolute atomic E-state index is 13.2. The number of nitrogens with zero attached hydrogens (tertiary/aromatic N) is 6. The minimum absolute atomic E-state index is 0.240. The van der Waals surface area contributed by atoms with Crippen LogP contribution >= 0.6 is 0 Å². The Bertz CT molecular complexity index is 1750. The van der Waals surface area contributed by atoms with Crippen molar-refractivity contribution < 1.29 is 19.2 Å². The van der Waals surface area contributed by atoms with E-state index in [1.54, 1.807) is 37.6 Å². The fourth-order valence-corrected chi connectivity index (χ4v) is 5.72. The van der Waals surface area contributed by atoms with E-state index in [2.05, 4.69) is 32.4 Å². The monoisotopic (exact) mass is 640 g/mol. The van der Waals surface area contributed by atoms with Crippen LogP contribution in [0, 0.1) is 18.8 Å². The lowest BCUT2D eigenvalue weighted by Crippen LogP contribution is -2.51. The van der Waals surface area contributed by atoms with E-state index in [4.69, 9.17) is 9.78 Å². The second-order valence-electron chi connectivity index (χ2n) is 10.6. The van der Waals surface area contributed by atoms with Crippen LogP contribution in [0.4, 0.5) is 11.8 Å². The number of aryl methyl sites for hydroxylation is 1. The summed E-state index contributed by atoms with van der Waals surface area (Å²) in [5.74, 6) is 6.63. The Hall–Kier alpha value is -5.31. The Kier molecular flexibility index (Phi) is 13.0. The molecule has 2 N–H and O–H groups in total. The lowest BCUT2D eigenvalue weighted by Gasteiger charge is -2.37. The predicted molar refractivity (Wildman–Crippen MR) is 184 cm³/mol. The van der Waals surface area contributed by atoms with Gasteiger partial charge in [0.25, 0.3) is 17.7 Å². The van der Waals surface area contributed by atoms with Gasteiger partial charge >= 0.3 is 0 Å². The number of hydrogen-bond donors (Lipinski definition) is 2. The third-order valence-corrected chi connectivity index (χ3v) is 7.83. The fraction of sp³-hybridized carbons (Fsp3) is 0.400. The molecule has 0 saturated carbocycles. The van der Waals surface area contributed by atoms with Gasteiger partial charge in [-0.2, -0.15) is 4.98 Å². The number of fused-ring (bicyclic) bond motifs is 1. The van der Waals surface area contributed by atoms with E-state index in [1.165, 1.54) is 4.90 Å². The van der Waals surface area contributed by atoms with Crippen molar-refractivity contribution in [2.75, 3.05) is 30.4 Å². The van der Waals surface area contributed by atoms with Gasteiger partial charge in [0, 0.05) is 42.4 Å². The first kappa shape index (κ1) is 36.2. The normalized spacial score (nSPS) is 15.9. The van der Waals surface area contributed by atoms with Gasteiger partial charge in [-0.15, -0.1) is 5.92 Å². The van der Waals surface area contributed by atoms with E-state index in [0.29, 0.717) is 53.9 Å². The molecule has 2 aliphatic rings. The zero-order valence-corrected chi connectivity index (χ0v) is 28.3. The number of amides is 3. The summed E-state index contributed by atoms with van der Waals surface area (Å²) in [5.41, 5.74) is 2.94. The largest absolute Gasteiger partial charge is 0.361 e. The summed E-state index contributed by atoms with van der Waals surface area (Å²) in [7, 11) is 1.57. The van der Waals surface area contributed by atoms with Crippen molar-refractivity contribution in [1.82, 2.24) is 29.7 Å². The summed E-state index contributed by atoms with van der Waals surface area (Å²) in [6.07, 6.45) is 4.90. The van der Waals surface area contributed by atoms with Gasteiger partial charge in [-0.1, -0.05) is 50.1 Å². The van der Waals surface area contributed by atoms with Gasteiger partial charge in [0.2, 0.25) is 5.95 Å². The van der Waals surface area contributed by atoms with Gasteiger partial charge in [0.1, 0.15) is 12.6 Å². The molecule has 1 unspecified atom stereocenters. The molecule has 1 fully saturated rings.